The lowest BCUT2D eigenvalue weighted by atomic mass is 10.1. The minimum absolute atomic E-state index is 0.142. The first-order chi connectivity index (χ1) is 10.3. The van der Waals surface area contributed by atoms with E-state index in [1.807, 2.05) is 42.6 Å². The molecule has 0 bridgehead atoms. The zero-order valence-corrected chi connectivity index (χ0v) is 11.5. The second-order valence-electron chi connectivity index (χ2n) is 5.31. The number of hydrogen-bond donors (Lipinski definition) is 3. The molecule has 4 aromatic rings. The number of aromatic amines is 2. The number of nitrogens with one attached hydrogen (secondary N) is 2. The summed E-state index contributed by atoms with van der Waals surface area (Å²) >= 11 is 0. The van der Waals surface area contributed by atoms with Crippen LogP contribution in [0.4, 0.5) is 0 Å². The molecule has 2 aromatic carbocycles. The van der Waals surface area contributed by atoms with Gasteiger partial charge in [0, 0.05) is 17.1 Å². The van der Waals surface area contributed by atoms with Crippen molar-refractivity contribution in [3.05, 3.63) is 66.1 Å². The van der Waals surface area contributed by atoms with E-state index in [0.717, 1.165) is 28.8 Å². The standard InChI is InChI=1S/C17H16N4/c18-13(17-20-15-7-3-4-8-16(15)21-17)9-11-10-19-14-6-2-1-5-12(11)14/h1-8,10,13,19H,9,18H2,(H,20,21)/t13-/m1/s1. The van der Waals surface area contributed by atoms with Crippen molar-refractivity contribution in [3.8, 4) is 0 Å². The minimum atomic E-state index is -0.142. The van der Waals surface area contributed by atoms with Gasteiger partial charge in [0.1, 0.15) is 5.82 Å². The Kier molecular flexibility index (Phi) is 2.75. The third-order valence-electron chi connectivity index (χ3n) is 3.87. The van der Waals surface area contributed by atoms with Gasteiger partial charge in [-0.15, -0.1) is 0 Å². The van der Waals surface area contributed by atoms with Crippen molar-refractivity contribution < 1.29 is 0 Å². The monoisotopic (exact) mass is 276 g/mol. The predicted octanol–water partition coefficient (Wildman–Crippen LogP) is 3.29. The van der Waals surface area contributed by atoms with Crippen molar-refractivity contribution in [3.63, 3.8) is 0 Å². The zero-order valence-electron chi connectivity index (χ0n) is 11.5. The van der Waals surface area contributed by atoms with Crippen LogP contribution in [0.15, 0.2) is 54.7 Å². The molecule has 21 heavy (non-hydrogen) atoms. The van der Waals surface area contributed by atoms with Gasteiger partial charge in [0.15, 0.2) is 0 Å². The highest BCUT2D eigenvalue weighted by atomic mass is 15.0. The molecular weight excluding hydrogens is 260 g/mol. The second kappa shape index (κ2) is 4.75. The quantitative estimate of drug-likeness (QED) is 0.537. The molecule has 0 aliphatic rings. The third-order valence-corrected chi connectivity index (χ3v) is 3.87. The molecule has 2 heterocycles. The van der Waals surface area contributed by atoms with Crippen molar-refractivity contribution >= 4 is 21.9 Å². The number of para-hydroxylation sites is 3. The molecule has 0 fully saturated rings. The van der Waals surface area contributed by atoms with Crippen LogP contribution in [-0.2, 0) is 6.42 Å². The van der Waals surface area contributed by atoms with E-state index in [2.05, 4.69) is 27.1 Å². The van der Waals surface area contributed by atoms with Gasteiger partial charge in [0.2, 0.25) is 0 Å². The van der Waals surface area contributed by atoms with Crippen molar-refractivity contribution in [2.24, 2.45) is 5.73 Å². The lowest BCUT2D eigenvalue weighted by Gasteiger charge is -2.07. The van der Waals surface area contributed by atoms with Crippen molar-refractivity contribution in [1.82, 2.24) is 15.0 Å². The first-order valence-electron chi connectivity index (χ1n) is 7.06. The molecule has 4 N–H and O–H groups in total. The summed E-state index contributed by atoms with van der Waals surface area (Å²) in [6.45, 7) is 0. The first-order valence-corrected chi connectivity index (χ1v) is 7.06. The summed E-state index contributed by atoms with van der Waals surface area (Å²) in [6.07, 6.45) is 2.79. The maximum Gasteiger partial charge on any atom is 0.124 e. The van der Waals surface area contributed by atoms with Crippen LogP contribution in [0.3, 0.4) is 0 Å². The topological polar surface area (TPSA) is 70.5 Å². The Balaban J connectivity index is 1.67. The Morgan fingerprint density at radius 3 is 2.62 bits per heavy atom. The van der Waals surface area contributed by atoms with E-state index in [4.69, 9.17) is 5.73 Å². The number of fused-ring (bicyclic) bond motifs is 2. The van der Waals surface area contributed by atoms with Gasteiger partial charge in [-0.25, -0.2) is 4.98 Å². The Hall–Kier alpha value is -2.59. The van der Waals surface area contributed by atoms with E-state index in [9.17, 15) is 0 Å². The van der Waals surface area contributed by atoms with Gasteiger partial charge in [0.25, 0.3) is 0 Å². The zero-order chi connectivity index (χ0) is 14.2. The molecule has 0 radical (unpaired) electrons. The molecule has 0 saturated carbocycles. The van der Waals surface area contributed by atoms with Crippen LogP contribution in [0, 0.1) is 0 Å². The lowest BCUT2D eigenvalue weighted by molar-refractivity contribution is 0.683. The van der Waals surface area contributed by atoms with Gasteiger partial charge in [-0.1, -0.05) is 30.3 Å². The van der Waals surface area contributed by atoms with E-state index >= 15 is 0 Å². The Morgan fingerprint density at radius 1 is 1.00 bits per heavy atom. The van der Waals surface area contributed by atoms with Gasteiger partial charge in [-0.3, -0.25) is 0 Å². The fourth-order valence-corrected chi connectivity index (χ4v) is 2.78. The lowest BCUT2D eigenvalue weighted by Crippen LogP contribution is -2.14. The summed E-state index contributed by atoms with van der Waals surface area (Å²) in [4.78, 5) is 11.2. The fraction of sp³-hybridized carbons (Fsp3) is 0.118. The second-order valence-corrected chi connectivity index (χ2v) is 5.31. The normalized spacial score (nSPS) is 13.0. The van der Waals surface area contributed by atoms with Crippen LogP contribution in [0.1, 0.15) is 17.4 Å². The van der Waals surface area contributed by atoms with E-state index in [1.54, 1.807) is 0 Å². The Bertz CT molecular complexity index is 870. The number of imidazole rings is 1. The SMILES string of the molecule is N[C@H](Cc1c[nH]c2ccccc12)c1nc2ccccc2[nH]1. The number of rotatable bonds is 3. The van der Waals surface area contributed by atoms with Crippen LogP contribution in [0.25, 0.3) is 21.9 Å². The molecule has 4 rings (SSSR count). The first kappa shape index (κ1) is 12.2. The van der Waals surface area contributed by atoms with Crippen LogP contribution >= 0.6 is 0 Å². The molecular formula is C17H16N4. The predicted molar refractivity (Wildman–Crippen MR) is 85.0 cm³/mol. The Morgan fingerprint density at radius 2 is 1.76 bits per heavy atom. The average Bonchev–Trinajstić information content (AvgIpc) is 3.11. The highest BCUT2D eigenvalue weighted by Crippen LogP contribution is 2.23. The van der Waals surface area contributed by atoms with Gasteiger partial charge >= 0.3 is 0 Å². The molecule has 0 unspecified atom stereocenters. The van der Waals surface area contributed by atoms with Crippen molar-refractivity contribution in [2.45, 2.75) is 12.5 Å². The molecule has 1 atom stereocenters. The van der Waals surface area contributed by atoms with E-state index in [0.29, 0.717) is 0 Å². The smallest absolute Gasteiger partial charge is 0.124 e. The molecule has 4 nitrogen and oxygen atoms in total. The van der Waals surface area contributed by atoms with Crippen molar-refractivity contribution in [2.75, 3.05) is 0 Å². The van der Waals surface area contributed by atoms with Gasteiger partial charge in [-0.05, 0) is 30.2 Å². The summed E-state index contributed by atoms with van der Waals surface area (Å²) in [5.41, 5.74) is 10.7. The summed E-state index contributed by atoms with van der Waals surface area (Å²) < 4.78 is 0. The maximum absolute atomic E-state index is 6.33. The van der Waals surface area contributed by atoms with Gasteiger partial charge in [-0.2, -0.15) is 0 Å². The third kappa shape index (κ3) is 2.10. The van der Waals surface area contributed by atoms with Gasteiger partial charge in [0.05, 0.1) is 17.1 Å². The molecule has 4 heteroatoms. The number of nitrogens with zero attached hydrogens (tertiary/aromatic N) is 1. The summed E-state index contributed by atoms with van der Waals surface area (Å²) in [6, 6.07) is 16.1. The number of benzene rings is 2. The molecule has 0 aliphatic carbocycles. The van der Waals surface area contributed by atoms with E-state index in [-0.39, 0.29) is 6.04 Å². The molecule has 0 amide bonds. The van der Waals surface area contributed by atoms with Gasteiger partial charge < -0.3 is 15.7 Å². The maximum atomic E-state index is 6.33. The van der Waals surface area contributed by atoms with Crippen LogP contribution in [0.2, 0.25) is 0 Å². The number of hydrogen-bond acceptors (Lipinski definition) is 2. The highest BCUT2D eigenvalue weighted by Gasteiger charge is 2.14. The highest BCUT2D eigenvalue weighted by molar-refractivity contribution is 5.83. The van der Waals surface area contributed by atoms with Crippen LogP contribution < -0.4 is 5.73 Å². The summed E-state index contributed by atoms with van der Waals surface area (Å²) in [7, 11) is 0. The van der Waals surface area contributed by atoms with Crippen LogP contribution in [-0.4, -0.2) is 15.0 Å². The molecule has 0 aliphatic heterocycles. The number of aromatic nitrogens is 3. The van der Waals surface area contributed by atoms with Crippen LogP contribution in [0.5, 0.6) is 0 Å². The minimum Gasteiger partial charge on any atom is -0.361 e. The molecule has 2 aromatic heterocycles. The number of H-pyrrole nitrogens is 2. The van der Waals surface area contributed by atoms with E-state index in [1.165, 1.54) is 10.9 Å². The molecule has 0 saturated heterocycles. The molecule has 104 valence electrons. The number of nitrogens with two attached hydrogens (primary N) is 1. The molecule has 0 spiro atoms. The van der Waals surface area contributed by atoms with E-state index < -0.39 is 0 Å². The fourth-order valence-electron chi connectivity index (χ4n) is 2.78. The average molecular weight is 276 g/mol. The summed E-state index contributed by atoms with van der Waals surface area (Å²) in [5.74, 6) is 0.835. The largest absolute Gasteiger partial charge is 0.361 e. The summed E-state index contributed by atoms with van der Waals surface area (Å²) in [5, 5.41) is 1.23. The van der Waals surface area contributed by atoms with Crippen molar-refractivity contribution in [1.29, 1.82) is 0 Å². The Labute approximate surface area is 122 Å².